The third-order valence-electron chi connectivity index (χ3n) is 3.60. The van der Waals surface area contributed by atoms with Crippen molar-refractivity contribution in [1.29, 1.82) is 0 Å². The molecule has 1 aliphatic heterocycles. The Labute approximate surface area is 120 Å². The van der Waals surface area contributed by atoms with Crippen LogP contribution in [0.2, 0.25) is 0 Å². The minimum Gasteiger partial charge on any atom is -0.349 e. The van der Waals surface area contributed by atoms with E-state index in [0.29, 0.717) is 10.3 Å². The van der Waals surface area contributed by atoms with Crippen molar-refractivity contribution in [3.05, 3.63) is 29.8 Å². The maximum absolute atomic E-state index is 2.73. The van der Waals surface area contributed by atoms with Crippen LogP contribution in [0.4, 0.5) is 5.69 Å². The van der Waals surface area contributed by atoms with Gasteiger partial charge in [0, 0.05) is 30.6 Å². The molecule has 0 amide bonds. The molecule has 0 saturated carbocycles. The molecule has 0 radical (unpaired) electrons. The van der Waals surface area contributed by atoms with Gasteiger partial charge in [-0.2, -0.15) is 0 Å². The average Bonchev–Trinajstić information content (AvgIpc) is 2.25. The molecule has 0 atom stereocenters. The largest absolute Gasteiger partial charge is 0.349 e. The lowest BCUT2D eigenvalue weighted by Crippen LogP contribution is -2.38. The van der Waals surface area contributed by atoms with Crippen molar-refractivity contribution in [2.24, 2.45) is 0 Å². The van der Waals surface area contributed by atoms with Crippen LogP contribution < -0.4 is 4.67 Å². The smallest absolute Gasteiger partial charge is 0.0431 e. The highest BCUT2D eigenvalue weighted by Crippen LogP contribution is 2.63. The molecule has 2 rings (SSSR count). The van der Waals surface area contributed by atoms with E-state index in [1.54, 1.807) is 0 Å². The molecule has 1 heterocycles. The number of anilines is 1. The number of rotatable bonds is 1. The first-order valence-corrected chi connectivity index (χ1v) is 8.66. The Kier molecular flexibility index (Phi) is 3.98. The van der Waals surface area contributed by atoms with Crippen molar-refractivity contribution in [3.8, 4) is 0 Å². The van der Waals surface area contributed by atoms with Crippen LogP contribution in [-0.2, 0) is 6.42 Å². The summed E-state index contributed by atoms with van der Waals surface area (Å²) in [5.74, 6) is 0. The van der Waals surface area contributed by atoms with Crippen molar-refractivity contribution in [3.63, 3.8) is 0 Å². The number of fused-ring (bicyclic) bond motifs is 1. The molecule has 1 aromatic rings. The van der Waals surface area contributed by atoms with Gasteiger partial charge in [0.15, 0.2) is 0 Å². The molecule has 0 bridgehead atoms. The van der Waals surface area contributed by atoms with Gasteiger partial charge in [0.05, 0.1) is 0 Å². The van der Waals surface area contributed by atoms with Gasteiger partial charge in [-0.3, -0.25) is 0 Å². The zero-order valence-electron chi connectivity index (χ0n) is 13.3. The van der Waals surface area contributed by atoms with Crippen molar-refractivity contribution < 1.29 is 0 Å². The summed E-state index contributed by atoms with van der Waals surface area (Å²) in [6.07, 6.45) is 2.53. The van der Waals surface area contributed by atoms with Crippen LogP contribution in [0.15, 0.2) is 24.3 Å². The highest BCUT2D eigenvalue weighted by molar-refractivity contribution is 7.62. The average molecular weight is 277 g/mol. The number of nitrogens with zero attached hydrogens (tertiary/aromatic N) is 1. The lowest BCUT2D eigenvalue weighted by atomic mass is 10.0. The van der Waals surface area contributed by atoms with Gasteiger partial charge in [-0.05, 0) is 24.5 Å². The minimum atomic E-state index is -0.214. The van der Waals surface area contributed by atoms with Gasteiger partial charge in [0.1, 0.15) is 0 Å². The lowest BCUT2D eigenvalue weighted by Gasteiger charge is -2.50. The molecule has 19 heavy (non-hydrogen) atoms. The van der Waals surface area contributed by atoms with Crippen LogP contribution >= 0.6 is 8.07 Å². The highest BCUT2D eigenvalue weighted by atomic mass is 31.1. The fourth-order valence-corrected chi connectivity index (χ4v) is 7.66. The molecular weight excluding hydrogens is 249 g/mol. The Morgan fingerprint density at radius 1 is 0.947 bits per heavy atom. The maximum Gasteiger partial charge on any atom is 0.0431 e. The van der Waals surface area contributed by atoms with E-state index in [4.69, 9.17) is 0 Å². The standard InChI is InChI=1S/C17H28NP/c1-16(2,3)19(17(4,5)6)18-13-9-11-14-10-7-8-12-15(14)18/h7-8,10,12H,9,11,13H2,1-6H3. The van der Waals surface area contributed by atoms with Crippen LogP contribution in [0.1, 0.15) is 53.5 Å². The number of aryl methyl sites for hydroxylation is 1. The molecule has 1 aromatic carbocycles. The van der Waals surface area contributed by atoms with Gasteiger partial charge in [0.2, 0.25) is 0 Å². The molecule has 1 nitrogen and oxygen atoms in total. The van der Waals surface area contributed by atoms with Gasteiger partial charge >= 0.3 is 0 Å². The SMILES string of the molecule is CC(C)(C)P(N1CCCc2ccccc21)C(C)(C)C. The van der Waals surface area contributed by atoms with Gasteiger partial charge < -0.3 is 4.67 Å². The van der Waals surface area contributed by atoms with Crippen LogP contribution in [0.25, 0.3) is 0 Å². The predicted octanol–water partition coefficient (Wildman–Crippen LogP) is 5.43. The Balaban J connectivity index is 2.45. The summed E-state index contributed by atoms with van der Waals surface area (Å²) < 4.78 is 2.73. The summed E-state index contributed by atoms with van der Waals surface area (Å²) in [7, 11) is -0.214. The summed E-state index contributed by atoms with van der Waals surface area (Å²) in [6, 6.07) is 9.00. The van der Waals surface area contributed by atoms with E-state index in [1.165, 1.54) is 30.6 Å². The first-order valence-electron chi connectivity index (χ1n) is 7.37. The zero-order chi connectivity index (χ0) is 14.3. The molecule has 0 unspecified atom stereocenters. The number of benzene rings is 1. The van der Waals surface area contributed by atoms with Crippen molar-refractivity contribution >= 4 is 13.8 Å². The summed E-state index contributed by atoms with van der Waals surface area (Å²) in [6.45, 7) is 15.6. The molecule has 2 heteroatoms. The summed E-state index contributed by atoms with van der Waals surface area (Å²) in [5, 5.41) is 0.691. The topological polar surface area (TPSA) is 3.24 Å². The quantitative estimate of drug-likeness (QED) is 0.618. The monoisotopic (exact) mass is 277 g/mol. The predicted molar refractivity (Wildman–Crippen MR) is 88.5 cm³/mol. The molecule has 0 aromatic heterocycles. The second kappa shape index (κ2) is 5.09. The fraction of sp³-hybridized carbons (Fsp3) is 0.647. The second-order valence-corrected chi connectivity index (χ2v) is 11.3. The first-order chi connectivity index (χ1) is 8.71. The second-order valence-electron chi connectivity index (χ2n) is 7.51. The van der Waals surface area contributed by atoms with Gasteiger partial charge in [0.25, 0.3) is 0 Å². The van der Waals surface area contributed by atoms with E-state index >= 15 is 0 Å². The third kappa shape index (κ3) is 3.14. The van der Waals surface area contributed by atoms with Gasteiger partial charge in [-0.1, -0.05) is 59.7 Å². The fourth-order valence-electron chi connectivity index (χ4n) is 3.45. The number of hydrogen-bond acceptors (Lipinski definition) is 1. The van der Waals surface area contributed by atoms with Gasteiger partial charge in [-0.15, -0.1) is 0 Å². The molecule has 0 saturated heterocycles. The third-order valence-corrected chi connectivity index (χ3v) is 7.04. The van der Waals surface area contributed by atoms with Crippen LogP contribution in [0, 0.1) is 0 Å². The molecule has 0 fully saturated rings. The summed E-state index contributed by atoms with van der Waals surface area (Å²) in [4.78, 5) is 0. The van der Waals surface area contributed by atoms with Crippen LogP contribution in [0.3, 0.4) is 0 Å². The summed E-state index contributed by atoms with van der Waals surface area (Å²) >= 11 is 0. The Hall–Kier alpha value is -0.550. The molecule has 0 N–H and O–H groups in total. The Morgan fingerprint density at radius 2 is 1.53 bits per heavy atom. The van der Waals surface area contributed by atoms with E-state index in [-0.39, 0.29) is 8.07 Å². The van der Waals surface area contributed by atoms with E-state index in [2.05, 4.69) is 70.5 Å². The van der Waals surface area contributed by atoms with Gasteiger partial charge in [-0.25, -0.2) is 0 Å². The van der Waals surface area contributed by atoms with Crippen LogP contribution in [0.5, 0.6) is 0 Å². The van der Waals surface area contributed by atoms with E-state index < -0.39 is 0 Å². The molecule has 1 aliphatic rings. The van der Waals surface area contributed by atoms with Crippen molar-refractivity contribution in [2.45, 2.75) is 64.7 Å². The number of hydrogen-bond donors (Lipinski definition) is 0. The van der Waals surface area contributed by atoms with Crippen molar-refractivity contribution in [1.82, 2.24) is 0 Å². The Bertz CT molecular complexity index is 425. The molecule has 0 aliphatic carbocycles. The maximum atomic E-state index is 2.73. The van der Waals surface area contributed by atoms with E-state index in [1.807, 2.05) is 0 Å². The highest BCUT2D eigenvalue weighted by Gasteiger charge is 2.40. The Morgan fingerprint density at radius 3 is 2.11 bits per heavy atom. The molecule has 106 valence electrons. The molecule has 0 spiro atoms. The zero-order valence-corrected chi connectivity index (χ0v) is 14.2. The molecular formula is C17H28NP. The summed E-state index contributed by atoms with van der Waals surface area (Å²) in [5.41, 5.74) is 3.03. The first kappa shape index (κ1) is 14.9. The van der Waals surface area contributed by atoms with E-state index in [0.717, 1.165) is 0 Å². The number of para-hydroxylation sites is 1. The van der Waals surface area contributed by atoms with E-state index in [9.17, 15) is 0 Å². The minimum absolute atomic E-state index is 0.214. The van der Waals surface area contributed by atoms with Crippen LogP contribution in [-0.4, -0.2) is 16.9 Å². The lowest BCUT2D eigenvalue weighted by molar-refractivity contribution is 0.682. The normalized spacial score (nSPS) is 16.7. The van der Waals surface area contributed by atoms with Crippen molar-refractivity contribution in [2.75, 3.05) is 11.2 Å².